The lowest BCUT2D eigenvalue weighted by Gasteiger charge is -2.27. The summed E-state index contributed by atoms with van der Waals surface area (Å²) in [4.78, 5) is 48.5. The molecule has 0 aromatic heterocycles. The lowest BCUT2D eigenvalue weighted by atomic mass is 10.1. The van der Waals surface area contributed by atoms with Crippen molar-refractivity contribution in [2.75, 3.05) is 35.7 Å². The number of carboxylic acids is 2. The van der Waals surface area contributed by atoms with Crippen molar-refractivity contribution in [1.82, 2.24) is 0 Å². The van der Waals surface area contributed by atoms with Crippen molar-refractivity contribution in [3.8, 4) is 5.75 Å². The van der Waals surface area contributed by atoms with Gasteiger partial charge < -0.3 is 49.0 Å². The van der Waals surface area contributed by atoms with Gasteiger partial charge in [0.2, 0.25) is 0 Å². The van der Waals surface area contributed by atoms with Crippen molar-refractivity contribution in [1.29, 1.82) is 0 Å². The van der Waals surface area contributed by atoms with Crippen LogP contribution in [0.2, 0.25) is 0 Å². The van der Waals surface area contributed by atoms with Gasteiger partial charge in [-0.15, -0.1) is 0 Å². The van der Waals surface area contributed by atoms with E-state index in [9.17, 15) is 19.2 Å². The van der Waals surface area contributed by atoms with Crippen LogP contribution in [0.4, 0.5) is 17.1 Å². The largest absolute Gasteiger partial charge is 0.515 e. The molecular weight excluding hydrogens is 795 g/mol. The third-order valence-corrected chi connectivity index (χ3v) is 8.84. The Balaban J connectivity index is 0.000000325. The first-order valence-corrected chi connectivity index (χ1v) is 20.2. The van der Waals surface area contributed by atoms with Gasteiger partial charge in [0.15, 0.2) is 19.2 Å². The summed E-state index contributed by atoms with van der Waals surface area (Å²) in [6.07, 6.45) is 10.6. The highest BCUT2D eigenvalue weighted by molar-refractivity contribution is 8.19. The molecule has 0 saturated heterocycles. The Bertz CT molecular complexity index is 1980. The number of aldehydes is 2. The number of nitrogens with one attached hydrogen (secondary N) is 1. The van der Waals surface area contributed by atoms with Crippen molar-refractivity contribution in [2.45, 2.75) is 32.1 Å². The summed E-state index contributed by atoms with van der Waals surface area (Å²) < 4.78 is 32.2. The topological polar surface area (TPSA) is 247 Å². The van der Waals surface area contributed by atoms with E-state index in [0.29, 0.717) is 61.6 Å². The van der Waals surface area contributed by atoms with Crippen LogP contribution in [-0.2, 0) is 19.2 Å². The number of rotatable bonds is 22. The van der Waals surface area contributed by atoms with Crippen LogP contribution in [0.25, 0.3) is 11.1 Å². The van der Waals surface area contributed by atoms with E-state index in [4.69, 9.17) is 38.8 Å². The van der Waals surface area contributed by atoms with Gasteiger partial charge in [0, 0.05) is 49.1 Å². The smallest absolute Gasteiger partial charge is 0.341 e. The highest BCUT2D eigenvalue weighted by atomic mass is 32.3. The van der Waals surface area contributed by atoms with Crippen LogP contribution in [0.5, 0.6) is 5.75 Å². The number of carbonyl (C=O) groups excluding carboxylic acids is 2. The Labute approximate surface area is 350 Å². The summed E-state index contributed by atoms with van der Waals surface area (Å²) in [6.45, 7) is 0.695. The molecule has 4 aromatic carbocycles. The van der Waals surface area contributed by atoms with Gasteiger partial charge in [-0.3, -0.25) is 19.4 Å². The van der Waals surface area contributed by atoms with E-state index in [0.717, 1.165) is 36.2 Å². The molecule has 0 unspecified atom stereocenters. The number of nitrogens with zero attached hydrogens (tertiary/aromatic N) is 2. The van der Waals surface area contributed by atoms with Crippen LogP contribution < -0.4 is 15.0 Å². The van der Waals surface area contributed by atoms with Gasteiger partial charge in [0.1, 0.15) is 5.75 Å². The summed E-state index contributed by atoms with van der Waals surface area (Å²) in [5.41, 5.74) is 4.27. The molecule has 60 heavy (non-hydrogen) atoms. The van der Waals surface area contributed by atoms with Gasteiger partial charge in [0.05, 0.1) is 40.2 Å². The molecule has 0 spiro atoms. The molecule has 0 bridgehead atoms. The highest BCUT2D eigenvalue weighted by Gasteiger charge is 2.14. The zero-order valence-corrected chi connectivity index (χ0v) is 33.6. The number of carbonyl (C=O) groups is 4. The van der Waals surface area contributed by atoms with E-state index in [-0.39, 0.29) is 23.3 Å². The number of allylic oxidation sites excluding steroid dienone is 3. The Morgan fingerprint density at radius 1 is 0.683 bits per heavy atom. The first-order valence-electron chi connectivity index (χ1n) is 18.5. The Hall–Kier alpha value is -6.72. The van der Waals surface area contributed by atoms with Gasteiger partial charge in [0.25, 0.3) is 0 Å². The fourth-order valence-corrected chi connectivity index (χ4v) is 5.56. The lowest BCUT2D eigenvalue weighted by molar-refractivity contribution is -0.139. The summed E-state index contributed by atoms with van der Waals surface area (Å²) in [5, 5.41) is 38.0. The number of hydrogen-bond acceptors (Lipinski definition) is 13. The monoisotopic (exact) mass is 845 g/mol. The second kappa shape index (κ2) is 28.6. The molecule has 0 radical (unpaired) electrons. The number of aliphatic hydroxyl groups excluding tert-OH is 2. The van der Waals surface area contributed by atoms with Gasteiger partial charge in [-0.2, -0.15) is 0 Å². The molecule has 8 N–H and O–H groups in total. The predicted octanol–water partition coefficient (Wildman–Crippen LogP) is 9.11. The van der Waals surface area contributed by atoms with Gasteiger partial charge in [-0.25, -0.2) is 4.79 Å². The van der Waals surface area contributed by atoms with Gasteiger partial charge in [-0.05, 0) is 85.0 Å². The van der Waals surface area contributed by atoms with Crippen LogP contribution in [0.15, 0.2) is 139 Å². The molecule has 320 valence electrons. The normalized spacial score (nSPS) is 11.7. The number of unbranched alkanes of at least 4 members (excludes halogenated alkanes) is 2. The third kappa shape index (κ3) is 21.7. The lowest BCUT2D eigenvalue weighted by Crippen LogP contribution is -2.27. The van der Waals surface area contributed by atoms with Crippen molar-refractivity contribution in [2.24, 2.45) is 4.99 Å². The average molecular weight is 846 g/mol. The van der Waals surface area contributed by atoms with Crippen LogP contribution >= 0.6 is 10.9 Å². The molecule has 0 aliphatic heterocycles. The number of aliphatic hydroxyl groups is 2. The summed E-state index contributed by atoms with van der Waals surface area (Å²) in [6, 6.07) is 33.0. The Morgan fingerprint density at radius 2 is 1.23 bits per heavy atom. The van der Waals surface area contributed by atoms with E-state index in [1.165, 1.54) is 12.1 Å². The molecule has 0 atom stereocenters. The van der Waals surface area contributed by atoms with Crippen molar-refractivity contribution >= 4 is 69.8 Å². The van der Waals surface area contributed by atoms with Crippen LogP contribution in [0.1, 0.15) is 43.2 Å². The van der Waals surface area contributed by atoms with Crippen LogP contribution in [0.3, 0.4) is 0 Å². The summed E-state index contributed by atoms with van der Waals surface area (Å²) >= 11 is 0. The maximum Gasteiger partial charge on any atom is 0.341 e. The molecule has 4 aromatic rings. The zero-order valence-electron chi connectivity index (χ0n) is 32.8. The van der Waals surface area contributed by atoms with E-state index in [1.54, 1.807) is 42.6 Å². The SMILES string of the molecule is C(/C=C/Nc1ccccc1)=Nc1ccccc1.O=C/C(=C/O)c1ccc(N(CCCCCC(=O)O)CCCS(O)(O)O)cc1.O=C/C(=C/O)c1ccc(OCC(=O)O)cc1. The number of benzene rings is 4. The maximum absolute atomic E-state index is 10.9. The fourth-order valence-electron chi connectivity index (χ4n) is 5.04. The second-order valence-corrected chi connectivity index (χ2v) is 14.2. The predicted molar refractivity (Wildman–Crippen MR) is 236 cm³/mol. The number of carboxylic acid groups (broad SMARTS) is 2. The number of aliphatic carboxylic acids is 2. The molecular formula is C44H51N3O12S. The molecule has 0 amide bonds. The fraction of sp³-hybridized carbons (Fsp3) is 0.205. The van der Waals surface area contributed by atoms with Crippen molar-refractivity contribution in [3.05, 3.63) is 145 Å². The minimum absolute atomic E-state index is 0.122. The first kappa shape index (κ1) is 49.4. The van der Waals surface area contributed by atoms with E-state index >= 15 is 0 Å². The molecule has 0 heterocycles. The molecule has 16 heteroatoms. The quantitative estimate of drug-likeness (QED) is 0.0121. The summed E-state index contributed by atoms with van der Waals surface area (Å²) in [7, 11) is -3.53. The number of hydrogen-bond donors (Lipinski definition) is 8. The Kier molecular flexibility index (Phi) is 23.6. The molecule has 0 fully saturated rings. The highest BCUT2D eigenvalue weighted by Crippen LogP contribution is 2.33. The minimum atomic E-state index is -3.53. The maximum atomic E-state index is 10.9. The number of anilines is 2. The second-order valence-electron chi connectivity index (χ2n) is 12.5. The third-order valence-electron chi connectivity index (χ3n) is 8.00. The summed E-state index contributed by atoms with van der Waals surface area (Å²) in [5.74, 6) is -1.62. The molecule has 0 aliphatic carbocycles. The van der Waals surface area contributed by atoms with E-state index < -0.39 is 29.4 Å². The molecule has 4 rings (SSSR count). The molecule has 0 aliphatic rings. The number of ether oxygens (including phenoxy) is 1. The van der Waals surface area contributed by atoms with Crippen molar-refractivity contribution in [3.63, 3.8) is 0 Å². The van der Waals surface area contributed by atoms with Crippen LogP contribution in [-0.4, -0.2) is 90.3 Å². The minimum Gasteiger partial charge on any atom is -0.515 e. The van der Waals surface area contributed by atoms with Gasteiger partial charge >= 0.3 is 11.9 Å². The average Bonchev–Trinajstić information content (AvgIpc) is 3.24. The zero-order chi connectivity index (χ0) is 44.0. The molecule has 15 nitrogen and oxygen atoms in total. The molecule has 0 saturated carbocycles. The van der Waals surface area contributed by atoms with E-state index in [1.807, 2.05) is 77.8 Å². The standard InChI is InChI=1S/C18H27NO7S.C15H14N2.C11H10O5/c20-13-16(14-21)15-6-8-17(9-7-15)19(11-4-12-27(24,25)26)10-3-1-2-5-18(22)23;1-3-8-14(9-4-1)16-12-7-13-17-15-10-5-2-6-11-15;12-5-9(6-13)8-1-3-10(4-2-8)16-7-11(14)15/h6-9,13-14,20,24-26H,1-5,10-12H2,(H,22,23);1-13,16H;1-6,12H,7H2,(H,14,15)/b16-13-;12-7+,17-13?;9-5-. The number of aliphatic imine (C=N–C) groups is 1. The Morgan fingerprint density at radius 3 is 1.75 bits per heavy atom. The van der Waals surface area contributed by atoms with E-state index in [2.05, 4.69) is 10.3 Å². The first-order chi connectivity index (χ1) is 28.9. The number of para-hydroxylation sites is 2. The van der Waals surface area contributed by atoms with Gasteiger partial charge in [-0.1, -0.05) is 67.1 Å². The van der Waals surface area contributed by atoms with Crippen LogP contribution in [0, 0.1) is 0 Å². The van der Waals surface area contributed by atoms with Crippen molar-refractivity contribution < 1.29 is 58.0 Å².